The summed E-state index contributed by atoms with van der Waals surface area (Å²) in [6, 6.07) is 10.0. The zero-order valence-corrected chi connectivity index (χ0v) is 17.1. The highest BCUT2D eigenvalue weighted by Gasteiger charge is 2.26. The Morgan fingerprint density at radius 1 is 1.18 bits per heavy atom. The van der Waals surface area contributed by atoms with Crippen LogP contribution in [0, 0.1) is 6.92 Å². The molecule has 7 nitrogen and oxygen atoms in total. The van der Waals surface area contributed by atoms with Crippen LogP contribution >= 0.6 is 0 Å². The number of methoxy groups -OCH3 is 1. The molecule has 2 aromatic rings. The fraction of sp³-hybridized carbons (Fsp3) is 0.476. The lowest BCUT2D eigenvalue weighted by Gasteiger charge is -2.35. The number of anilines is 1. The summed E-state index contributed by atoms with van der Waals surface area (Å²) >= 11 is 0. The number of aromatic nitrogens is 2. The summed E-state index contributed by atoms with van der Waals surface area (Å²) in [7, 11) is 1.59. The molecule has 1 aliphatic heterocycles. The first-order chi connectivity index (χ1) is 13.4. The van der Waals surface area contributed by atoms with Crippen LogP contribution in [0.15, 0.2) is 36.5 Å². The molecule has 0 radical (unpaired) electrons. The van der Waals surface area contributed by atoms with E-state index in [9.17, 15) is 4.79 Å². The molecule has 28 heavy (non-hydrogen) atoms. The lowest BCUT2D eigenvalue weighted by molar-refractivity contribution is 0.191. The average molecular weight is 383 g/mol. The van der Waals surface area contributed by atoms with Crippen LogP contribution in [0.4, 0.5) is 10.7 Å². The van der Waals surface area contributed by atoms with Gasteiger partial charge in [-0.15, -0.1) is 0 Å². The number of carbonyl (C=O) groups excluding carboxylic acids is 1. The van der Waals surface area contributed by atoms with Crippen LogP contribution in [0.25, 0.3) is 0 Å². The molecule has 2 amide bonds. The Kier molecular flexibility index (Phi) is 6.02. The molecule has 1 saturated heterocycles. The first kappa shape index (κ1) is 19.9. The van der Waals surface area contributed by atoms with Gasteiger partial charge in [-0.3, -0.25) is 0 Å². The van der Waals surface area contributed by atoms with Crippen LogP contribution in [0.3, 0.4) is 0 Å². The van der Waals surface area contributed by atoms with Crippen LogP contribution in [-0.2, 0) is 5.41 Å². The first-order valence-corrected chi connectivity index (χ1v) is 9.61. The third-order valence-electron chi connectivity index (χ3n) is 5.23. The maximum atomic E-state index is 12.6. The molecule has 7 heteroatoms. The normalized spacial score (nSPS) is 14.7. The van der Waals surface area contributed by atoms with E-state index < -0.39 is 0 Å². The van der Waals surface area contributed by atoms with Crippen LogP contribution in [0.2, 0.25) is 0 Å². The van der Waals surface area contributed by atoms with Crippen molar-refractivity contribution >= 4 is 12.0 Å². The van der Waals surface area contributed by atoms with Crippen molar-refractivity contribution in [1.82, 2.24) is 20.2 Å². The average Bonchev–Trinajstić information content (AvgIpc) is 2.72. The standard InChI is InChI=1S/C21H29N5O2/c1-16-7-5-6-8-17(16)21(2,3)15-23-20(27)26-13-11-25(12-14-26)19-22-10-9-18(24-19)28-4/h5-10H,11-15H2,1-4H3,(H,23,27). The summed E-state index contributed by atoms with van der Waals surface area (Å²) in [5.74, 6) is 1.18. The number of ether oxygens (including phenoxy) is 1. The van der Waals surface area contributed by atoms with Crippen LogP contribution in [-0.4, -0.2) is 60.7 Å². The molecule has 0 unspecified atom stereocenters. The predicted octanol–water partition coefficient (Wildman–Crippen LogP) is 2.60. The Morgan fingerprint density at radius 2 is 1.89 bits per heavy atom. The zero-order chi connectivity index (χ0) is 20.1. The van der Waals surface area contributed by atoms with Crippen LogP contribution in [0.5, 0.6) is 5.88 Å². The van der Waals surface area contributed by atoms with Gasteiger partial charge in [0.2, 0.25) is 11.8 Å². The number of carbonyl (C=O) groups is 1. The first-order valence-electron chi connectivity index (χ1n) is 9.61. The summed E-state index contributed by atoms with van der Waals surface area (Å²) in [5.41, 5.74) is 2.38. The summed E-state index contributed by atoms with van der Waals surface area (Å²) in [5, 5.41) is 3.11. The fourth-order valence-corrected chi connectivity index (χ4v) is 3.54. The molecule has 1 fully saturated rings. The number of urea groups is 1. The van der Waals surface area contributed by atoms with Crippen molar-refractivity contribution < 1.29 is 9.53 Å². The zero-order valence-electron chi connectivity index (χ0n) is 17.1. The predicted molar refractivity (Wildman–Crippen MR) is 110 cm³/mol. The number of hydrogen-bond acceptors (Lipinski definition) is 5. The molecule has 0 atom stereocenters. The monoisotopic (exact) mass is 383 g/mol. The minimum Gasteiger partial charge on any atom is -0.481 e. The van der Waals surface area contributed by atoms with E-state index in [-0.39, 0.29) is 11.4 Å². The van der Waals surface area contributed by atoms with Gasteiger partial charge in [0, 0.05) is 50.4 Å². The number of piperazine rings is 1. The minimum absolute atomic E-state index is 0.0205. The molecule has 1 aliphatic rings. The fourth-order valence-electron chi connectivity index (χ4n) is 3.54. The molecule has 1 aromatic heterocycles. The second kappa shape index (κ2) is 8.46. The van der Waals surface area contributed by atoms with Gasteiger partial charge in [-0.05, 0) is 18.1 Å². The quantitative estimate of drug-likeness (QED) is 0.859. The molecular weight excluding hydrogens is 354 g/mol. The van der Waals surface area contributed by atoms with E-state index in [1.165, 1.54) is 11.1 Å². The van der Waals surface area contributed by atoms with E-state index in [0.717, 1.165) is 0 Å². The van der Waals surface area contributed by atoms with Crippen molar-refractivity contribution in [2.24, 2.45) is 0 Å². The van der Waals surface area contributed by atoms with E-state index in [1.54, 1.807) is 19.4 Å². The Labute approximate surface area is 166 Å². The molecule has 3 rings (SSSR count). The van der Waals surface area contributed by atoms with Crippen molar-refractivity contribution in [3.8, 4) is 5.88 Å². The van der Waals surface area contributed by atoms with Gasteiger partial charge >= 0.3 is 6.03 Å². The molecule has 0 aliphatic carbocycles. The second-order valence-electron chi connectivity index (χ2n) is 7.73. The topological polar surface area (TPSA) is 70.6 Å². The Bertz CT molecular complexity index is 816. The highest BCUT2D eigenvalue weighted by Crippen LogP contribution is 2.25. The van der Waals surface area contributed by atoms with Crippen molar-refractivity contribution in [3.05, 3.63) is 47.7 Å². The molecule has 0 spiro atoms. The van der Waals surface area contributed by atoms with E-state index in [2.05, 4.69) is 53.1 Å². The van der Waals surface area contributed by atoms with Crippen LogP contribution in [0.1, 0.15) is 25.0 Å². The third kappa shape index (κ3) is 4.52. The number of amides is 2. The highest BCUT2D eigenvalue weighted by atomic mass is 16.5. The Morgan fingerprint density at radius 3 is 2.57 bits per heavy atom. The van der Waals surface area contributed by atoms with Gasteiger partial charge < -0.3 is 19.9 Å². The van der Waals surface area contributed by atoms with E-state index >= 15 is 0 Å². The molecular formula is C21H29N5O2. The largest absolute Gasteiger partial charge is 0.481 e. The number of aryl methyl sites for hydroxylation is 1. The SMILES string of the molecule is COc1ccnc(N2CCN(C(=O)NCC(C)(C)c3ccccc3C)CC2)n1. The van der Waals surface area contributed by atoms with Crippen molar-refractivity contribution in [1.29, 1.82) is 0 Å². The molecule has 2 heterocycles. The number of hydrogen-bond donors (Lipinski definition) is 1. The Hall–Kier alpha value is -2.83. The summed E-state index contributed by atoms with van der Waals surface area (Å²) in [6.07, 6.45) is 1.69. The van der Waals surface area contributed by atoms with Gasteiger partial charge in [-0.2, -0.15) is 4.98 Å². The number of nitrogens with zero attached hydrogens (tertiary/aromatic N) is 4. The van der Waals surface area contributed by atoms with Crippen molar-refractivity contribution in [3.63, 3.8) is 0 Å². The van der Waals surface area contributed by atoms with Gasteiger partial charge in [0.05, 0.1) is 7.11 Å². The number of nitrogens with one attached hydrogen (secondary N) is 1. The van der Waals surface area contributed by atoms with E-state index in [1.807, 2.05) is 17.0 Å². The molecule has 150 valence electrons. The molecule has 0 bridgehead atoms. The van der Waals surface area contributed by atoms with Gasteiger partial charge in [-0.1, -0.05) is 38.1 Å². The number of benzene rings is 1. The maximum Gasteiger partial charge on any atom is 0.317 e. The minimum atomic E-state index is -0.128. The van der Waals surface area contributed by atoms with Crippen LogP contribution < -0.4 is 15.0 Å². The second-order valence-corrected chi connectivity index (χ2v) is 7.73. The molecule has 0 saturated carbocycles. The van der Waals surface area contributed by atoms with Gasteiger partial charge in [0.25, 0.3) is 0 Å². The summed E-state index contributed by atoms with van der Waals surface area (Å²) in [6.45, 7) is 9.69. The Balaban J connectivity index is 1.53. The number of rotatable bonds is 5. The smallest absolute Gasteiger partial charge is 0.317 e. The highest BCUT2D eigenvalue weighted by molar-refractivity contribution is 5.74. The van der Waals surface area contributed by atoms with Gasteiger partial charge in [0.15, 0.2) is 0 Å². The lowest BCUT2D eigenvalue weighted by atomic mass is 9.82. The van der Waals surface area contributed by atoms with Gasteiger partial charge in [0.1, 0.15) is 0 Å². The maximum absolute atomic E-state index is 12.6. The van der Waals surface area contributed by atoms with E-state index in [0.29, 0.717) is 44.6 Å². The summed E-state index contributed by atoms with van der Waals surface area (Å²) in [4.78, 5) is 25.3. The van der Waals surface area contributed by atoms with E-state index in [4.69, 9.17) is 4.74 Å². The third-order valence-corrected chi connectivity index (χ3v) is 5.23. The molecule has 1 N–H and O–H groups in total. The lowest BCUT2D eigenvalue weighted by Crippen LogP contribution is -2.53. The van der Waals surface area contributed by atoms with Crippen molar-refractivity contribution in [2.45, 2.75) is 26.2 Å². The van der Waals surface area contributed by atoms with Crippen molar-refractivity contribution in [2.75, 3.05) is 44.7 Å². The molecule has 1 aromatic carbocycles. The summed E-state index contributed by atoms with van der Waals surface area (Å²) < 4.78 is 5.16. The van der Waals surface area contributed by atoms with Gasteiger partial charge in [-0.25, -0.2) is 9.78 Å².